The van der Waals surface area contributed by atoms with E-state index in [4.69, 9.17) is 5.11 Å². The predicted octanol–water partition coefficient (Wildman–Crippen LogP) is 1.43. The van der Waals surface area contributed by atoms with Crippen LogP contribution in [-0.4, -0.2) is 40.8 Å². The zero-order chi connectivity index (χ0) is 17.2. The van der Waals surface area contributed by atoms with Crippen LogP contribution in [-0.2, 0) is 30.7 Å². The maximum atomic E-state index is 10.7. The Bertz CT molecular complexity index is 883. The standard InChI is InChI=1S/C17H18N6O2/c24-17(25)7-12-1-4-14(5-2-12)15-10-23(21-19-15)9-13-3-6-16-20-18-11-22(16)8-13/h1-2,4-5,10-11,13H,3,6-9H2,(H,24,25). The van der Waals surface area contributed by atoms with Crippen molar-refractivity contribution in [3.8, 4) is 11.3 Å². The van der Waals surface area contributed by atoms with Gasteiger partial charge in [-0.05, 0) is 17.9 Å². The summed E-state index contributed by atoms with van der Waals surface area (Å²) in [6, 6.07) is 7.40. The SMILES string of the molecule is O=C(O)Cc1ccc(-c2cn(CC3CCc4nncn4C3)nn2)cc1. The van der Waals surface area contributed by atoms with E-state index in [2.05, 4.69) is 25.1 Å². The van der Waals surface area contributed by atoms with Crippen LogP contribution in [0.15, 0.2) is 36.8 Å². The second-order valence-corrected chi connectivity index (χ2v) is 6.40. The van der Waals surface area contributed by atoms with Gasteiger partial charge >= 0.3 is 5.97 Å². The van der Waals surface area contributed by atoms with Gasteiger partial charge in [-0.15, -0.1) is 15.3 Å². The zero-order valence-corrected chi connectivity index (χ0v) is 13.6. The molecule has 1 unspecified atom stereocenters. The van der Waals surface area contributed by atoms with Crippen molar-refractivity contribution < 1.29 is 9.90 Å². The Hall–Kier alpha value is -3.03. The molecule has 0 fully saturated rings. The fourth-order valence-electron chi connectivity index (χ4n) is 3.23. The number of hydrogen-bond acceptors (Lipinski definition) is 5. The molecule has 2 aromatic heterocycles. The lowest BCUT2D eigenvalue weighted by Crippen LogP contribution is -2.24. The summed E-state index contributed by atoms with van der Waals surface area (Å²) in [4.78, 5) is 10.7. The number of hydrogen-bond donors (Lipinski definition) is 1. The lowest BCUT2D eigenvalue weighted by molar-refractivity contribution is -0.136. The average molecular weight is 338 g/mol. The van der Waals surface area contributed by atoms with Crippen molar-refractivity contribution in [2.24, 2.45) is 5.92 Å². The molecular weight excluding hydrogens is 320 g/mol. The number of carboxylic acids is 1. The number of carboxylic acid groups (broad SMARTS) is 1. The molecule has 4 rings (SSSR count). The van der Waals surface area contributed by atoms with Gasteiger partial charge in [-0.3, -0.25) is 9.48 Å². The van der Waals surface area contributed by atoms with Crippen LogP contribution in [0.1, 0.15) is 17.8 Å². The van der Waals surface area contributed by atoms with Crippen LogP contribution >= 0.6 is 0 Å². The molecular formula is C17H18N6O2. The van der Waals surface area contributed by atoms with Crippen LogP contribution in [0.25, 0.3) is 11.3 Å². The summed E-state index contributed by atoms with van der Waals surface area (Å²) in [5, 5.41) is 25.4. The van der Waals surface area contributed by atoms with Crippen molar-refractivity contribution in [1.82, 2.24) is 29.8 Å². The van der Waals surface area contributed by atoms with Gasteiger partial charge in [-0.25, -0.2) is 0 Å². The molecule has 0 radical (unpaired) electrons. The van der Waals surface area contributed by atoms with Crippen LogP contribution in [0.2, 0.25) is 0 Å². The molecule has 0 aliphatic carbocycles. The minimum Gasteiger partial charge on any atom is -0.481 e. The van der Waals surface area contributed by atoms with E-state index >= 15 is 0 Å². The number of nitrogens with zero attached hydrogens (tertiary/aromatic N) is 6. The van der Waals surface area contributed by atoms with Crippen molar-refractivity contribution in [1.29, 1.82) is 0 Å². The maximum Gasteiger partial charge on any atom is 0.307 e. The largest absolute Gasteiger partial charge is 0.481 e. The lowest BCUT2D eigenvalue weighted by Gasteiger charge is -2.22. The molecule has 25 heavy (non-hydrogen) atoms. The second-order valence-electron chi connectivity index (χ2n) is 6.40. The summed E-state index contributed by atoms with van der Waals surface area (Å²) in [6.07, 6.45) is 5.76. The molecule has 1 atom stereocenters. The van der Waals surface area contributed by atoms with Crippen LogP contribution in [0.4, 0.5) is 0 Å². The highest BCUT2D eigenvalue weighted by molar-refractivity contribution is 5.70. The average Bonchev–Trinajstić information content (AvgIpc) is 3.24. The topological polar surface area (TPSA) is 98.7 Å². The fraction of sp³-hybridized carbons (Fsp3) is 0.353. The van der Waals surface area contributed by atoms with Gasteiger partial charge in [0.25, 0.3) is 0 Å². The third-order valence-electron chi connectivity index (χ3n) is 4.52. The molecule has 0 saturated heterocycles. The number of carbonyl (C=O) groups is 1. The first kappa shape index (κ1) is 15.5. The number of aryl methyl sites for hydroxylation is 1. The molecule has 3 heterocycles. The number of benzene rings is 1. The van der Waals surface area contributed by atoms with Crippen molar-refractivity contribution in [2.45, 2.75) is 32.4 Å². The first-order valence-corrected chi connectivity index (χ1v) is 8.25. The van der Waals surface area contributed by atoms with Crippen LogP contribution in [0.3, 0.4) is 0 Å². The predicted molar refractivity (Wildman–Crippen MR) is 88.6 cm³/mol. The van der Waals surface area contributed by atoms with Gasteiger partial charge in [0, 0.05) is 25.1 Å². The first-order valence-electron chi connectivity index (χ1n) is 8.25. The molecule has 128 valence electrons. The number of aliphatic carboxylic acids is 1. The third kappa shape index (κ3) is 3.42. The molecule has 1 aliphatic rings. The Morgan fingerprint density at radius 2 is 2.08 bits per heavy atom. The van der Waals surface area contributed by atoms with Crippen molar-refractivity contribution in [3.63, 3.8) is 0 Å². The van der Waals surface area contributed by atoms with Crippen LogP contribution < -0.4 is 0 Å². The van der Waals surface area contributed by atoms with E-state index in [0.717, 1.165) is 48.6 Å². The summed E-state index contributed by atoms with van der Waals surface area (Å²) in [6.45, 7) is 1.71. The van der Waals surface area contributed by atoms with E-state index in [1.807, 2.05) is 35.1 Å². The summed E-state index contributed by atoms with van der Waals surface area (Å²) >= 11 is 0. The molecule has 0 spiro atoms. The van der Waals surface area contributed by atoms with E-state index < -0.39 is 5.97 Å². The minimum atomic E-state index is -0.831. The van der Waals surface area contributed by atoms with E-state index in [0.29, 0.717) is 5.92 Å². The van der Waals surface area contributed by atoms with Gasteiger partial charge in [0.2, 0.25) is 0 Å². The molecule has 3 aromatic rings. The Kier molecular flexibility index (Phi) is 4.01. The van der Waals surface area contributed by atoms with E-state index in [1.54, 1.807) is 6.33 Å². The zero-order valence-electron chi connectivity index (χ0n) is 13.6. The monoisotopic (exact) mass is 338 g/mol. The Morgan fingerprint density at radius 3 is 2.88 bits per heavy atom. The van der Waals surface area contributed by atoms with Crippen molar-refractivity contribution in [3.05, 3.63) is 48.2 Å². The number of fused-ring (bicyclic) bond motifs is 1. The molecule has 0 amide bonds. The van der Waals surface area contributed by atoms with Crippen molar-refractivity contribution in [2.75, 3.05) is 0 Å². The van der Waals surface area contributed by atoms with Gasteiger partial charge in [-0.2, -0.15) is 0 Å². The minimum absolute atomic E-state index is 0.0275. The quantitative estimate of drug-likeness (QED) is 0.755. The van der Waals surface area contributed by atoms with Crippen molar-refractivity contribution >= 4 is 5.97 Å². The van der Waals surface area contributed by atoms with E-state index in [9.17, 15) is 4.79 Å². The number of aromatic nitrogens is 6. The molecule has 0 saturated carbocycles. The molecule has 1 aliphatic heterocycles. The molecule has 8 nitrogen and oxygen atoms in total. The van der Waals surface area contributed by atoms with E-state index in [1.165, 1.54) is 0 Å². The Balaban J connectivity index is 1.43. The lowest BCUT2D eigenvalue weighted by atomic mass is 9.99. The van der Waals surface area contributed by atoms with E-state index in [-0.39, 0.29) is 6.42 Å². The first-order chi connectivity index (χ1) is 12.2. The highest BCUT2D eigenvalue weighted by Crippen LogP contribution is 2.21. The third-order valence-corrected chi connectivity index (χ3v) is 4.52. The molecule has 1 N–H and O–H groups in total. The smallest absolute Gasteiger partial charge is 0.307 e. The van der Waals surface area contributed by atoms with Gasteiger partial charge in [-0.1, -0.05) is 29.5 Å². The van der Waals surface area contributed by atoms with Crippen LogP contribution in [0.5, 0.6) is 0 Å². The highest BCUT2D eigenvalue weighted by Gasteiger charge is 2.20. The second kappa shape index (κ2) is 6.46. The Morgan fingerprint density at radius 1 is 1.24 bits per heavy atom. The number of rotatable bonds is 5. The maximum absolute atomic E-state index is 10.7. The normalized spacial score (nSPS) is 16.6. The summed E-state index contributed by atoms with van der Waals surface area (Å²) < 4.78 is 3.98. The fourth-order valence-corrected chi connectivity index (χ4v) is 3.23. The van der Waals surface area contributed by atoms with Gasteiger partial charge in [0.15, 0.2) is 0 Å². The van der Waals surface area contributed by atoms with Gasteiger partial charge < -0.3 is 9.67 Å². The summed E-state index contributed by atoms with van der Waals surface area (Å²) in [7, 11) is 0. The molecule has 1 aromatic carbocycles. The summed E-state index contributed by atoms with van der Waals surface area (Å²) in [5.74, 6) is 0.704. The van der Waals surface area contributed by atoms with Crippen LogP contribution in [0, 0.1) is 5.92 Å². The summed E-state index contributed by atoms with van der Waals surface area (Å²) in [5.41, 5.74) is 2.50. The van der Waals surface area contributed by atoms with Gasteiger partial charge in [0.05, 0.1) is 12.6 Å². The molecule has 0 bridgehead atoms. The van der Waals surface area contributed by atoms with Gasteiger partial charge in [0.1, 0.15) is 17.8 Å². The molecule has 8 heteroatoms. The Labute approximate surface area is 144 Å². The highest BCUT2D eigenvalue weighted by atomic mass is 16.4.